The standard InChI is InChI=1S/C15H11Br2N3/c1-9-4-10(16)6-12(5-9)20-13-2-3-18-14-7-11(17)8-19-15(13)14/h2-8H,1H3,(H,18,20). The van der Waals surface area contributed by atoms with Crippen molar-refractivity contribution < 1.29 is 0 Å². The third-order valence-corrected chi connectivity index (χ3v) is 3.76. The topological polar surface area (TPSA) is 37.8 Å². The van der Waals surface area contributed by atoms with Gasteiger partial charge in [-0.3, -0.25) is 9.97 Å². The van der Waals surface area contributed by atoms with Crippen molar-refractivity contribution >= 4 is 54.3 Å². The summed E-state index contributed by atoms with van der Waals surface area (Å²) in [6, 6.07) is 10.1. The van der Waals surface area contributed by atoms with E-state index < -0.39 is 0 Å². The Morgan fingerprint density at radius 1 is 1.00 bits per heavy atom. The fraction of sp³-hybridized carbons (Fsp3) is 0.0667. The average molecular weight is 393 g/mol. The van der Waals surface area contributed by atoms with Crippen molar-refractivity contribution in [3.63, 3.8) is 0 Å². The van der Waals surface area contributed by atoms with Crippen LogP contribution in [-0.2, 0) is 0 Å². The predicted octanol–water partition coefficient (Wildman–Crippen LogP) is 5.21. The zero-order valence-corrected chi connectivity index (χ0v) is 13.9. The van der Waals surface area contributed by atoms with Crippen LogP contribution < -0.4 is 5.32 Å². The first-order chi connectivity index (χ1) is 9.61. The minimum absolute atomic E-state index is 0.855. The van der Waals surface area contributed by atoms with Crippen LogP contribution in [0.2, 0.25) is 0 Å². The monoisotopic (exact) mass is 391 g/mol. The van der Waals surface area contributed by atoms with Gasteiger partial charge in [-0.05, 0) is 58.7 Å². The summed E-state index contributed by atoms with van der Waals surface area (Å²) in [7, 11) is 0. The van der Waals surface area contributed by atoms with Gasteiger partial charge in [0.25, 0.3) is 0 Å². The molecule has 3 nitrogen and oxygen atoms in total. The number of fused-ring (bicyclic) bond motifs is 1. The molecule has 0 aliphatic heterocycles. The van der Waals surface area contributed by atoms with Gasteiger partial charge in [-0.15, -0.1) is 0 Å². The lowest BCUT2D eigenvalue weighted by molar-refractivity contribution is 1.32. The summed E-state index contributed by atoms with van der Waals surface area (Å²) in [6.45, 7) is 2.07. The highest BCUT2D eigenvalue weighted by Gasteiger charge is 2.05. The molecule has 0 saturated carbocycles. The van der Waals surface area contributed by atoms with Gasteiger partial charge in [0.05, 0.1) is 11.2 Å². The molecule has 0 radical (unpaired) electrons. The molecular formula is C15H11Br2N3. The van der Waals surface area contributed by atoms with Crippen molar-refractivity contribution in [1.29, 1.82) is 0 Å². The van der Waals surface area contributed by atoms with E-state index in [0.717, 1.165) is 31.4 Å². The molecule has 1 aromatic carbocycles. The van der Waals surface area contributed by atoms with Crippen LogP contribution in [0.3, 0.4) is 0 Å². The van der Waals surface area contributed by atoms with Crippen LogP contribution in [0.5, 0.6) is 0 Å². The van der Waals surface area contributed by atoms with E-state index in [0.29, 0.717) is 0 Å². The van der Waals surface area contributed by atoms with E-state index in [4.69, 9.17) is 0 Å². The number of halogens is 2. The third kappa shape index (κ3) is 2.83. The van der Waals surface area contributed by atoms with Gasteiger partial charge in [0.15, 0.2) is 0 Å². The van der Waals surface area contributed by atoms with Crippen LogP contribution in [0.25, 0.3) is 11.0 Å². The summed E-state index contributed by atoms with van der Waals surface area (Å²) >= 11 is 6.93. The number of benzene rings is 1. The fourth-order valence-electron chi connectivity index (χ4n) is 2.07. The van der Waals surface area contributed by atoms with Crippen LogP contribution in [0.1, 0.15) is 5.56 Å². The van der Waals surface area contributed by atoms with Crippen molar-refractivity contribution in [2.45, 2.75) is 6.92 Å². The zero-order valence-electron chi connectivity index (χ0n) is 10.7. The molecule has 3 aromatic rings. The number of hydrogen-bond acceptors (Lipinski definition) is 3. The van der Waals surface area contributed by atoms with Crippen molar-refractivity contribution in [3.05, 3.63) is 57.2 Å². The number of rotatable bonds is 2. The molecule has 0 bridgehead atoms. The van der Waals surface area contributed by atoms with E-state index >= 15 is 0 Å². The lowest BCUT2D eigenvalue weighted by Crippen LogP contribution is -1.95. The lowest BCUT2D eigenvalue weighted by Gasteiger charge is -2.10. The second-order valence-corrected chi connectivity index (χ2v) is 6.35. The minimum Gasteiger partial charge on any atom is -0.354 e. The Morgan fingerprint density at radius 3 is 2.65 bits per heavy atom. The van der Waals surface area contributed by atoms with Crippen molar-refractivity contribution in [2.75, 3.05) is 5.32 Å². The molecule has 0 aliphatic carbocycles. The Kier molecular flexibility index (Phi) is 3.72. The maximum Gasteiger partial charge on any atom is 0.112 e. The number of anilines is 2. The quantitative estimate of drug-likeness (QED) is 0.650. The van der Waals surface area contributed by atoms with Gasteiger partial charge in [-0.1, -0.05) is 15.9 Å². The second kappa shape index (κ2) is 5.50. The Bertz CT molecular complexity index is 767. The first-order valence-electron chi connectivity index (χ1n) is 6.06. The number of nitrogens with zero attached hydrogens (tertiary/aromatic N) is 2. The molecule has 0 unspecified atom stereocenters. The van der Waals surface area contributed by atoms with Crippen LogP contribution in [0, 0.1) is 6.92 Å². The normalized spacial score (nSPS) is 10.8. The Morgan fingerprint density at radius 2 is 1.85 bits per heavy atom. The van der Waals surface area contributed by atoms with E-state index in [-0.39, 0.29) is 0 Å². The summed E-state index contributed by atoms with van der Waals surface area (Å²) in [6.07, 6.45) is 3.56. The highest BCUT2D eigenvalue weighted by Crippen LogP contribution is 2.27. The molecule has 0 spiro atoms. The Hall–Kier alpha value is -1.46. The molecule has 1 N–H and O–H groups in total. The summed E-state index contributed by atoms with van der Waals surface area (Å²) in [4.78, 5) is 8.78. The van der Waals surface area contributed by atoms with E-state index in [9.17, 15) is 0 Å². The molecule has 3 rings (SSSR count). The van der Waals surface area contributed by atoms with Crippen LogP contribution >= 0.6 is 31.9 Å². The molecule has 5 heteroatoms. The Balaban J connectivity index is 2.06. The summed E-state index contributed by atoms with van der Waals surface area (Å²) in [5.74, 6) is 0. The SMILES string of the molecule is Cc1cc(Br)cc(Nc2ccnc3cc(Br)cnc23)c1. The largest absolute Gasteiger partial charge is 0.354 e. The van der Waals surface area contributed by atoms with Crippen LogP contribution in [-0.4, -0.2) is 9.97 Å². The number of aromatic nitrogens is 2. The molecule has 20 heavy (non-hydrogen) atoms. The van der Waals surface area contributed by atoms with Gasteiger partial charge in [-0.2, -0.15) is 0 Å². The summed E-state index contributed by atoms with van der Waals surface area (Å²) in [5, 5.41) is 3.40. The van der Waals surface area contributed by atoms with Gasteiger partial charge in [-0.25, -0.2) is 0 Å². The van der Waals surface area contributed by atoms with Gasteiger partial charge < -0.3 is 5.32 Å². The molecule has 0 aliphatic rings. The van der Waals surface area contributed by atoms with Crippen molar-refractivity contribution in [3.8, 4) is 0 Å². The molecule has 0 amide bonds. The average Bonchev–Trinajstić information content (AvgIpc) is 2.37. The van der Waals surface area contributed by atoms with E-state index in [2.05, 4.69) is 66.2 Å². The minimum atomic E-state index is 0.855. The fourth-order valence-corrected chi connectivity index (χ4v) is 3.00. The summed E-state index contributed by atoms with van der Waals surface area (Å²) in [5.41, 5.74) is 4.87. The first kappa shape index (κ1) is 13.5. The van der Waals surface area contributed by atoms with Gasteiger partial charge >= 0.3 is 0 Å². The molecule has 2 heterocycles. The lowest BCUT2D eigenvalue weighted by atomic mass is 10.2. The van der Waals surface area contributed by atoms with Crippen molar-refractivity contribution in [2.24, 2.45) is 0 Å². The number of pyridine rings is 2. The molecule has 0 fully saturated rings. The Labute approximate surface area is 133 Å². The molecule has 0 saturated heterocycles. The van der Waals surface area contributed by atoms with Crippen LogP contribution in [0.4, 0.5) is 11.4 Å². The highest BCUT2D eigenvalue weighted by molar-refractivity contribution is 9.10. The third-order valence-electron chi connectivity index (χ3n) is 2.87. The highest BCUT2D eigenvalue weighted by atomic mass is 79.9. The molecule has 0 atom stereocenters. The van der Waals surface area contributed by atoms with E-state index in [1.165, 1.54) is 5.56 Å². The summed E-state index contributed by atoms with van der Waals surface area (Å²) < 4.78 is 1.97. The van der Waals surface area contributed by atoms with Gasteiger partial charge in [0.2, 0.25) is 0 Å². The molecule has 100 valence electrons. The predicted molar refractivity (Wildman–Crippen MR) is 89.4 cm³/mol. The zero-order chi connectivity index (χ0) is 14.1. The van der Waals surface area contributed by atoms with Crippen LogP contribution in [0.15, 0.2) is 51.7 Å². The second-order valence-electron chi connectivity index (χ2n) is 4.52. The smallest absolute Gasteiger partial charge is 0.112 e. The number of nitrogens with one attached hydrogen (secondary N) is 1. The number of hydrogen-bond donors (Lipinski definition) is 1. The van der Waals surface area contributed by atoms with Crippen molar-refractivity contribution in [1.82, 2.24) is 9.97 Å². The molecular weight excluding hydrogens is 382 g/mol. The van der Waals surface area contributed by atoms with E-state index in [1.54, 1.807) is 12.4 Å². The first-order valence-corrected chi connectivity index (χ1v) is 7.65. The maximum atomic E-state index is 4.44. The number of aryl methyl sites for hydroxylation is 1. The van der Waals surface area contributed by atoms with Gasteiger partial charge in [0.1, 0.15) is 5.52 Å². The maximum absolute atomic E-state index is 4.44. The van der Waals surface area contributed by atoms with E-state index in [1.807, 2.05) is 18.2 Å². The molecule has 2 aromatic heterocycles. The van der Waals surface area contributed by atoms with Gasteiger partial charge in [0, 0.05) is 27.0 Å².